The molecule has 0 aliphatic carbocycles. The molecule has 2 aliphatic heterocycles. The molecule has 0 saturated carbocycles. The van der Waals surface area contributed by atoms with Crippen LogP contribution in [0.3, 0.4) is 0 Å². The molecule has 2 heterocycles. The van der Waals surface area contributed by atoms with E-state index in [1.807, 2.05) is 0 Å². The molecule has 11 heteroatoms. The van der Waals surface area contributed by atoms with E-state index in [9.17, 15) is 22.8 Å². The van der Waals surface area contributed by atoms with Crippen molar-refractivity contribution < 1.29 is 22.8 Å². The summed E-state index contributed by atoms with van der Waals surface area (Å²) in [4.78, 5) is 40.5. The third-order valence-corrected chi connectivity index (χ3v) is 8.36. The largest absolute Gasteiger partial charge is 0.332 e. The van der Waals surface area contributed by atoms with Gasteiger partial charge in [-0.05, 0) is 68.3 Å². The summed E-state index contributed by atoms with van der Waals surface area (Å²) in [6, 6.07) is 11.0. The van der Waals surface area contributed by atoms with E-state index in [0.717, 1.165) is 30.6 Å². The molecule has 2 aromatic rings. The standard InChI is InChI=1S/C24H27ClN4O5S/c1-17-23(31)28(24(32)29(17)20-10-6-18(25)7-11-20)16-22(30)26-19-8-12-21(13-9-19)35(33,34)27-14-4-2-3-5-15-27/h6-13,17H,2-5,14-16H2,1H3,(H,26,30)/t17-/m1/s1. The number of nitrogens with one attached hydrogen (secondary N) is 1. The van der Waals surface area contributed by atoms with E-state index in [1.165, 1.54) is 33.5 Å². The average molecular weight is 519 g/mol. The van der Waals surface area contributed by atoms with Crippen molar-refractivity contribution in [2.45, 2.75) is 43.5 Å². The minimum absolute atomic E-state index is 0.162. The maximum absolute atomic E-state index is 12.9. The highest BCUT2D eigenvalue weighted by atomic mass is 35.5. The first-order chi connectivity index (χ1) is 16.7. The number of carbonyl (C=O) groups is 3. The second-order valence-corrected chi connectivity index (χ2v) is 11.0. The number of hydrogen-bond donors (Lipinski definition) is 1. The molecule has 0 bridgehead atoms. The van der Waals surface area contributed by atoms with Gasteiger partial charge in [-0.25, -0.2) is 13.2 Å². The Morgan fingerprint density at radius 2 is 1.57 bits per heavy atom. The highest BCUT2D eigenvalue weighted by molar-refractivity contribution is 7.89. The summed E-state index contributed by atoms with van der Waals surface area (Å²) in [5, 5.41) is 3.13. The van der Waals surface area contributed by atoms with E-state index in [1.54, 1.807) is 31.2 Å². The molecule has 9 nitrogen and oxygen atoms in total. The third kappa shape index (κ3) is 5.34. The lowest BCUT2D eigenvalue weighted by Gasteiger charge is -2.20. The van der Waals surface area contributed by atoms with Gasteiger partial charge in [-0.1, -0.05) is 24.4 Å². The molecule has 0 aromatic heterocycles. The van der Waals surface area contributed by atoms with E-state index in [-0.39, 0.29) is 4.90 Å². The van der Waals surface area contributed by atoms with Crippen LogP contribution < -0.4 is 10.2 Å². The maximum Gasteiger partial charge on any atom is 0.332 e. The van der Waals surface area contributed by atoms with Crippen LogP contribution in [-0.4, -0.2) is 61.1 Å². The molecule has 4 rings (SSSR count). The fourth-order valence-corrected chi connectivity index (χ4v) is 5.94. The molecule has 1 atom stereocenters. The summed E-state index contributed by atoms with van der Waals surface area (Å²) in [7, 11) is -3.60. The number of nitrogens with zero attached hydrogens (tertiary/aromatic N) is 3. The van der Waals surface area contributed by atoms with Gasteiger partial charge in [0.05, 0.1) is 4.90 Å². The molecule has 2 aromatic carbocycles. The minimum atomic E-state index is -3.60. The molecule has 2 aliphatic rings. The number of imide groups is 1. The number of halogens is 1. The van der Waals surface area contributed by atoms with Crippen molar-refractivity contribution >= 4 is 50.8 Å². The summed E-state index contributed by atoms with van der Waals surface area (Å²) >= 11 is 5.91. The summed E-state index contributed by atoms with van der Waals surface area (Å²) in [5.74, 6) is -1.06. The van der Waals surface area contributed by atoms with E-state index >= 15 is 0 Å². The van der Waals surface area contributed by atoms with Gasteiger partial charge in [0.25, 0.3) is 5.91 Å². The number of hydrogen-bond acceptors (Lipinski definition) is 5. The normalized spacial score (nSPS) is 19.7. The van der Waals surface area contributed by atoms with Crippen LogP contribution in [0.1, 0.15) is 32.6 Å². The molecule has 0 radical (unpaired) electrons. The van der Waals surface area contributed by atoms with Gasteiger partial charge in [0.15, 0.2) is 0 Å². The maximum atomic E-state index is 12.9. The Hall–Kier alpha value is -2.95. The monoisotopic (exact) mass is 518 g/mol. The minimum Gasteiger partial charge on any atom is -0.325 e. The van der Waals surface area contributed by atoms with Gasteiger partial charge < -0.3 is 5.32 Å². The number of benzene rings is 2. The number of sulfonamides is 1. The Bertz CT molecular complexity index is 1210. The molecule has 0 spiro atoms. The van der Waals surface area contributed by atoms with Gasteiger partial charge in [0.1, 0.15) is 12.6 Å². The lowest BCUT2D eigenvalue weighted by atomic mass is 10.2. The Morgan fingerprint density at radius 1 is 0.971 bits per heavy atom. The first kappa shape index (κ1) is 25.2. The number of anilines is 2. The highest BCUT2D eigenvalue weighted by Crippen LogP contribution is 2.27. The number of rotatable bonds is 6. The van der Waals surface area contributed by atoms with Crippen LogP contribution in [0.4, 0.5) is 16.2 Å². The van der Waals surface area contributed by atoms with Crippen molar-refractivity contribution in [1.29, 1.82) is 0 Å². The molecule has 1 N–H and O–H groups in total. The lowest BCUT2D eigenvalue weighted by molar-refractivity contribution is -0.130. The number of amides is 4. The zero-order valence-electron chi connectivity index (χ0n) is 19.3. The van der Waals surface area contributed by atoms with Gasteiger partial charge >= 0.3 is 6.03 Å². The Kier molecular flexibility index (Phi) is 7.44. The van der Waals surface area contributed by atoms with Crippen LogP contribution in [0.5, 0.6) is 0 Å². The third-order valence-electron chi connectivity index (χ3n) is 6.20. The predicted octanol–water partition coefficient (Wildman–Crippen LogP) is 3.70. The van der Waals surface area contributed by atoms with Gasteiger partial charge in [-0.3, -0.25) is 19.4 Å². The first-order valence-electron chi connectivity index (χ1n) is 11.5. The number of urea groups is 1. The van der Waals surface area contributed by atoms with Crippen LogP contribution in [-0.2, 0) is 19.6 Å². The van der Waals surface area contributed by atoms with Gasteiger partial charge in [0, 0.05) is 29.5 Å². The fraction of sp³-hybridized carbons (Fsp3) is 0.375. The van der Waals surface area contributed by atoms with Crippen LogP contribution in [0.25, 0.3) is 0 Å². The Morgan fingerprint density at radius 3 is 2.17 bits per heavy atom. The van der Waals surface area contributed by atoms with E-state index in [2.05, 4.69) is 5.32 Å². The van der Waals surface area contributed by atoms with Crippen LogP contribution in [0.15, 0.2) is 53.4 Å². The van der Waals surface area contributed by atoms with E-state index in [4.69, 9.17) is 11.6 Å². The molecular formula is C24H27ClN4O5S. The second kappa shape index (κ2) is 10.3. The smallest absolute Gasteiger partial charge is 0.325 e. The number of carbonyl (C=O) groups excluding carboxylic acids is 3. The van der Waals surface area contributed by atoms with Crippen molar-refractivity contribution in [2.24, 2.45) is 0 Å². The molecule has 186 valence electrons. The van der Waals surface area contributed by atoms with Gasteiger partial charge in [-0.15, -0.1) is 0 Å². The predicted molar refractivity (Wildman–Crippen MR) is 133 cm³/mol. The first-order valence-corrected chi connectivity index (χ1v) is 13.3. The molecule has 4 amide bonds. The SMILES string of the molecule is C[C@@H]1C(=O)N(CC(=O)Nc2ccc(S(=O)(=O)N3CCCCCC3)cc2)C(=O)N1c1ccc(Cl)cc1. The van der Waals surface area contributed by atoms with Crippen molar-refractivity contribution in [1.82, 2.24) is 9.21 Å². The fourth-order valence-electron chi connectivity index (χ4n) is 4.29. The van der Waals surface area contributed by atoms with Crippen LogP contribution >= 0.6 is 11.6 Å². The van der Waals surface area contributed by atoms with Crippen LogP contribution in [0, 0.1) is 0 Å². The van der Waals surface area contributed by atoms with Gasteiger partial charge in [-0.2, -0.15) is 4.31 Å². The highest BCUT2D eigenvalue weighted by Gasteiger charge is 2.44. The average Bonchev–Trinajstić information content (AvgIpc) is 3.04. The van der Waals surface area contributed by atoms with Crippen molar-refractivity contribution in [3.63, 3.8) is 0 Å². The van der Waals surface area contributed by atoms with Crippen molar-refractivity contribution in [3.05, 3.63) is 53.6 Å². The topological polar surface area (TPSA) is 107 Å². The zero-order valence-corrected chi connectivity index (χ0v) is 20.9. The molecule has 2 fully saturated rings. The zero-order chi connectivity index (χ0) is 25.2. The quantitative estimate of drug-likeness (QED) is 0.587. The van der Waals surface area contributed by atoms with Crippen molar-refractivity contribution in [2.75, 3.05) is 29.9 Å². The summed E-state index contributed by atoms with van der Waals surface area (Å²) < 4.78 is 27.3. The van der Waals surface area contributed by atoms with Crippen molar-refractivity contribution in [3.8, 4) is 0 Å². The second-order valence-electron chi connectivity index (χ2n) is 8.62. The lowest BCUT2D eigenvalue weighted by Crippen LogP contribution is -2.39. The molecule has 2 saturated heterocycles. The van der Waals surface area contributed by atoms with E-state index in [0.29, 0.717) is 29.5 Å². The summed E-state index contributed by atoms with van der Waals surface area (Å²) in [6.45, 7) is 2.14. The molecular weight excluding hydrogens is 492 g/mol. The van der Waals surface area contributed by atoms with Crippen LogP contribution in [0.2, 0.25) is 5.02 Å². The molecule has 35 heavy (non-hydrogen) atoms. The van der Waals surface area contributed by atoms with Gasteiger partial charge in [0.2, 0.25) is 15.9 Å². The molecule has 0 unspecified atom stereocenters. The van der Waals surface area contributed by atoms with E-state index < -0.39 is 40.5 Å². The Labute approximate surface area is 209 Å². The summed E-state index contributed by atoms with van der Waals surface area (Å²) in [5.41, 5.74) is 0.871. The summed E-state index contributed by atoms with van der Waals surface area (Å²) in [6.07, 6.45) is 3.73. The Balaban J connectivity index is 1.40.